The third kappa shape index (κ3) is 4.37. The fraction of sp³-hybridized carbons (Fsp3) is 0.409. The molecule has 2 aliphatic heterocycles. The third-order valence-electron chi connectivity index (χ3n) is 5.98. The Labute approximate surface area is 192 Å². The number of halogens is 1. The van der Waals surface area contributed by atoms with Crippen LogP contribution in [0, 0.1) is 5.92 Å². The molecule has 0 unspecified atom stereocenters. The molecule has 2 amide bonds. The summed E-state index contributed by atoms with van der Waals surface area (Å²) in [5.41, 5.74) is 1.60. The molecular weight excluding hydrogens is 452 g/mol. The molecule has 3 heterocycles. The van der Waals surface area contributed by atoms with Gasteiger partial charge in [0.15, 0.2) is 0 Å². The maximum absolute atomic E-state index is 13.3. The molecule has 2 aromatic rings. The number of fused-ring (bicyclic) bond motifs is 1. The highest BCUT2D eigenvalue weighted by Crippen LogP contribution is 2.35. The number of nitrogens with one attached hydrogen (secondary N) is 1. The normalized spacial score (nSPS) is 21.3. The Morgan fingerprint density at radius 2 is 2.00 bits per heavy atom. The highest BCUT2D eigenvalue weighted by molar-refractivity contribution is 7.89. The fourth-order valence-corrected chi connectivity index (χ4v) is 6.14. The van der Waals surface area contributed by atoms with Crippen LogP contribution in [0.4, 0.5) is 11.5 Å². The molecule has 0 aliphatic carbocycles. The van der Waals surface area contributed by atoms with Gasteiger partial charge in [0.1, 0.15) is 5.82 Å². The van der Waals surface area contributed by atoms with E-state index in [1.54, 1.807) is 35.2 Å². The van der Waals surface area contributed by atoms with E-state index in [1.807, 2.05) is 6.92 Å². The number of carbonyl (C=O) groups is 2. The van der Waals surface area contributed by atoms with Crippen LogP contribution in [0.2, 0.25) is 5.02 Å². The first-order valence-electron chi connectivity index (χ1n) is 10.5. The highest BCUT2D eigenvalue weighted by atomic mass is 35.5. The minimum atomic E-state index is -3.77. The Hall–Kier alpha value is -2.49. The van der Waals surface area contributed by atoms with Crippen LogP contribution >= 0.6 is 11.6 Å². The van der Waals surface area contributed by atoms with E-state index < -0.39 is 15.9 Å². The maximum atomic E-state index is 13.3. The first kappa shape index (κ1) is 22.7. The van der Waals surface area contributed by atoms with Crippen molar-refractivity contribution in [2.75, 3.05) is 23.3 Å². The molecule has 0 spiro atoms. The number of pyridine rings is 1. The molecule has 1 aromatic carbocycles. The van der Waals surface area contributed by atoms with Crippen molar-refractivity contribution in [3.05, 3.63) is 47.1 Å². The molecule has 8 nitrogen and oxygen atoms in total. The minimum Gasteiger partial charge on any atom is -0.310 e. The Morgan fingerprint density at radius 3 is 2.69 bits per heavy atom. The molecule has 0 bridgehead atoms. The van der Waals surface area contributed by atoms with E-state index >= 15 is 0 Å². The summed E-state index contributed by atoms with van der Waals surface area (Å²) in [5.74, 6) is -0.424. The van der Waals surface area contributed by atoms with Crippen LogP contribution in [0.15, 0.2) is 41.4 Å². The predicted molar refractivity (Wildman–Crippen MR) is 122 cm³/mol. The van der Waals surface area contributed by atoms with Crippen molar-refractivity contribution < 1.29 is 18.0 Å². The van der Waals surface area contributed by atoms with Gasteiger partial charge in [0.05, 0.1) is 15.8 Å². The van der Waals surface area contributed by atoms with Crippen LogP contribution in [0.3, 0.4) is 0 Å². The van der Waals surface area contributed by atoms with Gasteiger partial charge >= 0.3 is 0 Å². The van der Waals surface area contributed by atoms with Crippen molar-refractivity contribution in [1.82, 2.24) is 9.29 Å². The van der Waals surface area contributed by atoms with Crippen molar-refractivity contribution in [3.63, 3.8) is 0 Å². The molecule has 10 heteroatoms. The summed E-state index contributed by atoms with van der Waals surface area (Å²) >= 11 is 5.82. The molecule has 32 heavy (non-hydrogen) atoms. The largest absolute Gasteiger partial charge is 0.310 e. The van der Waals surface area contributed by atoms with Crippen LogP contribution in [-0.2, 0) is 26.0 Å². The van der Waals surface area contributed by atoms with Crippen LogP contribution in [0.5, 0.6) is 0 Å². The van der Waals surface area contributed by atoms with Gasteiger partial charge in [-0.15, -0.1) is 0 Å². The van der Waals surface area contributed by atoms with Gasteiger partial charge in [-0.05, 0) is 62.1 Å². The quantitative estimate of drug-likeness (QED) is 0.731. The SMILES string of the molecule is CC(=O)N1c2ccc(S(=O)(=O)N3CCC[C@H](C(=O)Nc4ccc(Cl)cn4)C3)cc2C[C@H]1C. The van der Waals surface area contributed by atoms with Crippen LogP contribution in [-0.4, -0.2) is 48.7 Å². The maximum Gasteiger partial charge on any atom is 0.243 e. The summed E-state index contributed by atoms with van der Waals surface area (Å²) in [4.78, 5) is 30.6. The summed E-state index contributed by atoms with van der Waals surface area (Å²) in [6, 6.07) is 8.13. The Morgan fingerprint density at radius 1 is 1.22 bits per heavy atom. The molecular formula is C22H25ClN4O4S. The standard InChI is InChI=1S/C22H25ClN4O4S/c1-14-10-17-11-19(6-7-20(17)27(14)15(2)28)32(30,31)26-9-3-4-16(13-26)22(29)25-21-8-5-18(23)12-24-21/h5-8,11-12,14,16H,3-4,9-10,13H2,1-2H3,(H,24,25,29)/t14-,16+/m1/s1. The van der Waals surface area contributed by atoms with Gasteiger partial charge < -0.3 is 10.2 Å². The summed E-state index contributed by atoms with van der Waals surface area (Å²) < 4.78 is 28.0. The molecule has 1 N–H and O–H groups in total. The van der Waals surface area contributed by atoms with Crippen LogP contribution in [0.25, 0.3) is 0 Å². The number of piperidine rings is 1. The van der Waals surface area contributed by atoms with E-state index in [-0.39, 0.29) is 29.3 Å². The lowest BCUT2D eigenvalue weighted by atomic mass is 9.99. The number of aromatic nitrogens is 1. The molecule has 2 atom stereocenters. The zero-order valence-corrected chi connectivity index (χ0v) is 19.5. The van der Waals surface area contributed by atoms with Gasteiger partial charge in [-0.3, -0.25) is 9.59 Å². The third-order valence-corrected chi connectivity index (χ3v) is 8.06. The van der Waals surface area contributed by atoms with Crippen LogP contribution in [0.1, 0.15) is 32.3 Å². The average Bonchev–Trinajstić information content (AvgIpc) is 3.10. The van der Waals surface area contributed by atoms with Gasteiger partial charge in [0.25, 0.3) is 0 Å². The number of hydrogen-bond acceptors (Lipinski definition) is 5. The number of amides is 2. The molecule has 170 valence electrons. The molecule has 4 rings (SSSR count). The predicted octanol–water partition coefficient (Wildman–Crippen LogP) is 3.07. The second-order valence-electron chi connectivity index (χ2n) is 8.29. The van der Waals surface area contributed by atoms with E-state index in [9.17, 15) is 18.0 Å². The molecule has 0 saturated carbocycles. The lowest BCUT2D eigenvalue weighted by molar-refractivity contribution is -0.121. The van der Waals surface area contributed by atoms with E-state index in [0.29, 0.717) is 36.6 Å². The Bertz CT molecular complexity index is 1150. The molecule has 1 aromatic heterocycles. The van der Waals surface area contributed by atoms with Crippen molar-refractivity contribution in [2.45, 2.75) is 44.0 Å². The average molecular weight is 477 g/mol. The number of anilines is 2. The second-order valence-corrected chi connectivity index (χ2v) is 10.7. The first-order valence-corrected chi connectivity index (χ1v) is 12.3. The van der Waals surface area contributed by atoms with E-state index in [1.165, 1.54) is 17.4 Å². The number of hydrogen-bond donors (Lipinski definition) is 1. The van der Waals surface area contributed by atoms with E-state index in [2.05, 4.69) is 10.3 Å². The molecule has 1 saturated heterocycles. The number of nitrogens with zero attached hydrogens (tertiary/aromatic N) is 3. The number of sulfonamides is 1. The van der Waals surface area contributed by atoms with Gasteiger partial charge in [-0.1, -0.05) is 11.6 Å². The summed E-state index contributed by atoms with van der Waals surface area (Å²) in [6.07, 6.45) is 3.24. The summed E-state index contributed by atoms with van der Waals surface area (Å²) in [7, 11) is -3.77. The van der Waals surface area contributed by atoms with E-state index in [4.69, 9.17) is 11.6 Å². The number of rotatable bonds is 4. The second kappa shape index (κ2) is 8.80. The minimum absolute atomic E-state index is 0.00926. The molecule has 2 aliphatic rings. The smallest absolute Gasteiger partial charge is 0.243 e. The van der Waals surface area contributed by atoms with Gasteiger partial charge in [0.2, 0.25) is 21.8 Å². The summed E-state index contributed by atoms with van der Waals surface area (Å²) in [5, 5.41) is 3.20. The van der Waals surface area contributed by atoms with Gasteiger partial charge in [0, 0.05) is 37.9 Å². The van der Waals surface area contributed by atoms with Gasteiger partial charge in [-0.25, -0.2) is 13.4 Å². The van der Waals surface area contributed by atoms with Crippen molar-refractivity contribution in [2.24, 2.45) is 5.92 Å². The zero-order valence-electron chi connectivity index (χ0n) is 17.9. The summed E-state index contributed by atoms with van der Waals surface area (Å²) in [6.45, 7) is 3.92. The van der Waals surface area contributed by atoms with E-state index in [0.717, 1.165) is 11.3 Å². The fourth-order valence-electron chi connectivity index (χ4n) is 4.45. The van der Waals surface area contributed by atoms with Crippen molar-refractivity contribution in [3.8, 4) is 0 Å². The van der Waals surface area contributed by atoms with Crippen molar-refractivity contribution in [1.29, 1.82) is 0 Å². The highest BCUT2D eigenvalue weighted by Gasteiger charge is 2.35. The van der Waals surface area contributed by atoms with Crippen LogP contribution < -0.4 is 10.2 Å². The van der Waals surface area contributed by atoms with Crippen molar-refractivity contribution >= 4 is 44.9 Å². The number of benzene rings is 1. The van der Waals surface area contributed by atoms with Gasteiger partial charge in [-0.2, -0.15) is 4.31 Å². The Balaban J connectivity index is 1.50. The lowest BCUT2D eigenvalue weighted by Gasteiger charge is -2.31. The zero-order chi connectivity index (χ0) is 23.0. The monoisotopic (exact) mass is 476 g/mol. The first-order chi connectivity index (χ1) is 15.2. The molecule has 1 fully saturated rings. The topological polar surface area (TPSA) is 99.7 Å². The molecule has 0 radical (unpaired) electrons. The Kier molecular flexibility index (Phi) is 6.24. The lowest BCUT2D eigenvalue weighted by Crippen LogP contribution is -2.43. The number of carbonyl (C=O) groups excluding carboxylic acids is 2.